The van der Waals surface area contributed by atoms with Crippen molar-refractivity contribution in [3.05, 3.63) is 23.8 Å². The number of sulfonamides is 1. The van der Waals surface area contributed by atoms with E-state index >= 15 is 0 Å². The van der Waals surface area contributed by atoms with Crippen LogP contribution in [0.15, 0.2) is 23.1 Å². The minimum Gasteiger partial charge on any atom is -0.398 e. The van der Waals surface area contributed by atoms with Gasteiger partial charge in [-0.05, 0) is 37.5 Å². The van der Waals surface area contributed by atoms with Crippen molar-refractivity contribution >= 4 is 15.7 Å². The summed E-state index contributed by atoms with van der Waals surface area (Å²) in [5.41, 5.74) is 6.12. The van der Waals surface area contributed by atoms with Crippen molar-refractivity contribution in [3.63, 3.8) is 0 Å². The zero-order valence-electron chi connectivity index (χ0n) is 11.7. The van der Waals surface area contributed by atoms with E-state index in [9.17, 15) is 13.5 Å². The van der Waals surface area contributed by atoms with Crippen molar-refractivity contribution in [2.24, 2.45) is 0 Å². The summed E-state index contributed by atoms with van der Waals surface area (Å²) in [6, 6.07) is 4.65. The van der Waals surface area contributed by atoms with Crippen molar-refractivity contribution in [2.75, 3.05) is 12.3 Å². The molecule has 0 atom stereocenters. The maximum atomic E-state index is 12.2. The highest BCUT2D eigenvalue weighted by Gasteiger charge is 2.30. The summed E-state index contributed by atoms with van der Waals surface area (Å²) in [6.45, 7) is 1.88. The van der Waals surface area contributed by atoms with Crippen LogP contribution < -0.4 is 10.5 Å². The molecule has 0 saturated heterocycles. The number of anilines is 1. The Morgan fingerprint density at radius 3 is 2.55 bits per heavy atom. The highest BCUT2D eigenvalue weighted by atomic mass is 32.2. The lowest BCUT2D eigenvalue weighted by Crippen LogP contribution is -2.44. The molecule has 6 heteroatoms. The second kappa shape index (κ2) is 5.71. The normalized spacial score (nSPS) is 18.9. The van der Waals surface area contributed by atoms with Crippen molar-refractivity contribution in [1.82, 2.24) is 4.72 Å². The number of aryl methyl sites for hydroxylation is 1. The molecule has 1 aromatic carbocycles. The third-order valence-electron chi connectivity index (χ3n) is 3.94. The van der Waals surface area contributed by atoms with E-state index in [1.54, 1.807) is 6.07 Å². The summed E-state index contributed by atoms with van der Waals surface area (Å²) in [6.07, 6.45) is 4.27. The molecule has 0 spiro atoms. The number of aliphatic hydroxyl groups is 1. The fourth-order valence-corrected chi connectivity index (χ4v) is 3.64. The third-order valence-corrected chi connectivity index (χ3v) is 5.34. The van der Waals surface area contributed by atoms with Gasteiger partial charge >= 0.3 is 0 Å². The topological polar surface area (TPSA) is 92.4 Å². The standard InChI is InChI=1S/C14H22N2O3S/c1-11-5-6-12(9-13(11)15)20(18,19)16-10-14(17)7-3-2-4-8-14/h5-6,9,16-17H,2-4,7-8,10,15H2,1H3. The molecule has 0 unspecified atom stereocenters. The van der Waals surface area contributed by atoms with Crippen LogP contribution in [0.5, 0.6) is 0 Å². The van der Waals surface area contributed by atoms with Gasteiger partial charge < -0.3 is 10.8 Å². The molecule has 0 aromatic heterocycles. The molecule has 20 heavy (non-hydrogen) atoms. The lowest BCUT2D eigenvalue weighted by molar-refractivity contribution is 0.00945. The van der Waals surface area contributed by atoms with Gasteiger partial charge in [-0.1, -0.05) is 25.3 Å². The SMILES string of the molecule is Cc1ccc(S(=O)(=O)NCC2(O)CCCCC2)cc1N. The molecule has 112 valence electrons. The summed E-state index contributed by atoms with van der Waals surface area (Å²) in [4.78, 5) is 0.139. The molecule has 1 saturated carbocycles. The fourth-order valence-electron chi connectivity index (χ4n) is 2.49. The smallest absolute Gasteiger partial charge is 0.240 e. The van der Waals surface area contributed by atoms with Gasteiger partial charge in [-0.3, -0.25) is 0 Å². The van der Waals surface area contributed by atoms with Crippen molar-refractivity contribution in [3.8, 4) is 0 Å². The first-order valence-corrected chi connectivity index (χ1v) is 8.39. The summed E-state index contributed by atoms with van der Waals surface area (Å²) in [5.74, 6) is 0. The number of rotatable bonds is 4. The van der Waals surface area contributed by atoms with Gasteiger partial charge in [0.15, 0.2) is 0 Å². The Bertz CT molecular complexity index is 578. The maximum absolute atomic E-state index is 12.2. The van der Waals surface area contributed by atoms with Gasteiger partial charge in [-0.25, -0.2) is 13.1 Å². The van der Waals surface area contributed by atoms with Crippen LogP contribution >= 0.6 is 0 Å². The minimum atomic E-state index is -3.63. The Labute approximate surface area is 120 Å². The van der Waals surface area contributed by atoms with E-state index in [2.05, 4.69) is 4.72 Å². The van der Waals surface area contributed by atoms with Crippen molar-refractivity contribution < 1.29 is 13.5 Å². The zero-order valence-corrected chi connectivity index (χ0v) is 12.5. The molecular formula is C14H22N2O3S. The second-order valence-corrected chi connectivity index (χ2v) is 7.39. The highest BCUT2D eigenvalue weighted by molar-refractivity contribution is 7.89. The fraction of sp³-hybridized carbons (Fsp3) is 0.571. The van der Waals surface area contributed by atoms with E-state index in [1.165, 1.54) is 12.1 Å². The first-order chi connectivity index (χ1) is 9.32. The van der Waals surface area contributed by atoms with Crippen LogP contribution in [0.2, 0.25) is 0 Å². The zero-order chi connectivity index (χ0) is 14.8. The highest BCUT2D eigenvalue weighted by Crippen LogP contribution is 2.27. The molecule has 1 aliphatic rings. The molecule has 0 bridgehead atoms. The van der Waals surface area contributed by atoms with Gasteiger partial charge in [-0.2, -0.15) is 0 Å². The van der Waals surface area contributed by atoms with Crippen molar-refractivity contribution in [1.29, 1.82) is 0 Å². The average molecular weight is 298 g/mol. The van der Waals surface area contributed by atoms with Gasteiger partial charge in [0.2, 0.25) is 10.0 Å². The quantitative estimate of drug-likeness (QED) is 0.735. The lowest BCUT2D eigenvalue weighted by atomic mass is 9.85. The summed E-state index contributed by atoms with van der Waals surface area (Å²) in [7, 11) is -3.63. The van der Waals surface area contributed by atoms with Crippen LogP contribution in [0.3, 0.4) is 0 Å². The Morgan fingerprint density at radius 1 is 1.30 bits per heavy atom. The molecule has 0 heterocycles. The van der Waals surface area contributed by atoms with Gasteiger partial charge in [0.1, 0.15) is 0 Å². The lowest BCUT2D eigenvalue weighted by Gasteiger charge is -2.32. The third kappa shape index (κ3) is 3.50. The molecular weight excluding hydrogens is 276 g/mol. The molecule has 0 aliphatic heterocycles. The molecule has 1 aromatic rings. The van der Waals surface area contributed by atoms with E-state index in [1.807, 2.05) is 6.92 Å². The molecule has 1 aliphatic carbocycles. The number of nitrogens with one attached hydrogen (secondary N) is 1. The largest absolute Gasteiger partial charge is 0.398 e. The number of hydrogen-bond acceptors (Lipinski definition) is 4. The van der Waals surface area contributed by atoms with Gasteiger partial charge in [0, 0.05) is 12.2 Å². The Kier molecular flexibility index (Phi) is 4.36. The van der Waals surface area contributed by atoms with E-state index in [4.69, 9.17) is 5.73 Å². The summed E-state index contributed by atoms with van der Waals surface area (Å²) < 4.78 is 26.9. The van der Waals surface area contributed by atoms with Gasteiger partial charge in [0.25, 0.3) is 0 Å². The molecule has 5 nitrogen and oxygen atoms in total. The van der Waals surface area contributed by atoms with Crippen LogP contribution in [0.4, 0.5) is 5.69 Å². The number of nitrogen functional groups attached to an aromatic ring is 1. The van der Waals surface area contributed by atoms with Gasteiger partial charge in [0.05, 0.1) is 10.5 Å². The molecule has 0 amide bonds. The van der Waals surface area contributed by atoms with Crippen LogP contribution in [0.1, 0.15) is 37.7 Å². The predicted octanol–water partition coefficient (Wildman–Crippen LogP) is 1.55. The van der Waals surface area contributed by atoms with E-state index < -0.39 is 15.6 Å². The Balaban J connectivity index is 2.09. The predicted molar refractivity (Wildman–Crippen MR) is 78.8 cm³/mol. The van der Waals surface area contributed by atoms with Crippen LogP contribution in [0, 0.1) is 6.92 Å². The van der Waals surface area contributed by atoms with Gasteiger partial charge in [-0.15, -0.1) is 0 Å². The van der Waals surface area contributed by atoms with E-state index in [0.717, 1.165) is 24.8 Å². The second-order valence-electron chi connectivity index (χ2n) is 5.63. The van der Waals surface area contributed by atoms with Crippen LogP contribution in [0.25, 0.3) is 0 Å². The van der Waals surface area contributed by atoms with Crippen LogP contribution in [-0.4, -0.2) is 25.7 Å². The van der Waals surface area contributed by atoms with E-state index in [0.29, 0.717) is 18.5 Å². The molecule has 0 radical (unpaired) electrons. The minimum absolute atomic E-state index is 0.0586. The molecule has 4 N–H and O–H groups in total. The maximum Gasteiger partial charge on any atom is 0.240 e. The van der Waals surface area contributed by atoms with Crippen molar-refractivity contribution in [2.45, 2.75) is 49.5 Å². The average Bonchev–Trinajstić information content (AvgIpc) is 2.41. The van der Waals surface area contributed by atoms with E-state index in [-0.39, 0.29) is 11.4 Å². The number of nitrogens with two attached hydrogens (primary N) is 1. The number of benzene rings is 1. The Morgan fingerprint density at radius 2 is 1.95 bits per heavy atom. The summed E-state index contributed by atoms with van der Waals surface area (Å²) in [5, 5.41) is 10.3. The van der Waals surface area contributed by atoms with Crippen LogP contribution in [-0.2, 0) is 10.0 Å². The molecule has 2 rings (SSSR count). The monoisotopic (exact) mass is 298 g/mol. The Hall–Kier alpha value is -1.11. The summed E-state index contributed by atoms with van der Waals surface area (Å²) >= 11 is 0. The first kappa shape index (κ1) is 15.3. The molecule has 1 fully saturated rings. The number of hydrogen-bond donors (Lipinski definition) is 3. The first-order valence-electron chi connectivity index (χ1n) is 6.91.